The highest BCUT2D eigenvalue weighted by molar-refractivity contribution is 5.81. The van der Waals surface area contributed by atoms with Gasteiger partial charge in [-0.05, 0) is 26.7 Å². The molecular formula is C13H20N4O3. The lowest BCUT2D eigenvalue weighted by Crippen LogP contribution is -2.45. The molecule has 0 N–H and O–H groups in total. The zero-order chi connectivity index (χ0) is 14.5. The summed E-state index contributed by atoms with van der Waals surface area (Å²) in [5, 5.41) is 3.98. The highest BCUT2D eigenvalue weighted by atomic mass is 16.5. The van der Waals surface area contributed by atoms with Crippen LogP contribution >= 0.6 is 0 Å². The van der Waals surface area contributed by atoms with Crippen LogP contribution in [0, 0.1) is 5.92 Å². The first-order valence-electron chi connectivity index (χ1n) is 6.93. The molecule has 1 aromatic heterocycles. The highest BCUT2D eigenvalue weighted by Crippen LogP contribution is 2.20. The van der Waals surface area contributed by atoms with E-state index in [2.05, 4.69) is 10.1 Å². The van der Waals surface area contributed by atoms with Crippen LogP contribution in [0.15, 0.2) is 12.7 Å². The minimum absolute atomic E-state index is 0.0375. The van der Waals surface area contributed by atoms with Crippen molar-refractivity contribution in [2.45, 2.75) is 32.7 Å². The van der Waals surface area contributed by atoms with Gasteiger partial charge >= 0.3 is 5.97 Å². The average molecular weight is 280 g/mol. The molecule has 7 nitrogen and oxygen atoms in total. The van der Waals surface area contributed by atoms with Gasteiger partial charge in [-0.1, -0.05) is 0 Å². The number of rotatable bonds is 4. The van der Waals surface area contributed by atoms with Crippen LogP contribution in [0.25, 0.3) is 0 Å². The Hall–Kier alpha value is -1.92. The third-order valence-corrected chi connectivity index (χ3v) is 3.54. The molecule has 2 heterocycles. The van der Waals surface area contributed by atoms with E-state index >= 15 is 0 Å². The second kappa shape index (κ2) is 6.49. The van der Waals surface area contributed by atoms with Crippen LogP contribution in [0.5, 0.6) is 0 Å². The molecule has 0 bridgehead atoms. The third kappa shape index (κ3) is 3.15. The second-order valence-corrected chi connectivity index (χ2v) is 4.93. The molecule has 1 amide bonds. The fraction of sp³-hybridized carbons (Fsp3) is 0.692. The molecule has 1 aliphatic heterocycles. The number of carbonyl (C=O) groups excluding carboxylic acids is 2. The largest absolute Gasteiger partial charge is 0.466 e. The van der Waals surface area contributed by atoms with E-state index in [9.17, 15) is 9.59 Å². The number of ether oxygens (including phenoxy) is 1. The van der Waals surface area contributed by atoms with Crippen molar-refractivity contribution in [3.05, 3.63) is 12.7 Å². The summed E-state index contributed by atoms with van der Waals surface area (Å²) in [5.41, 5.74) is 0. The Morgan fingerprint density at radius 1 is 1.50 bits per heavy atom. The molecule has 1 fully saturated rings. The van der Waals surface area contributed by atoms with Crippen molar-refractivity contribution in [3.8, 4) is 0 Å². The van der Waals surface area contributed by atoms with Crippen molar-refractivity contribution in [3.63, 3.8) is 0 Å². The molecule has 110 valence electrons. The van der Waals surface area contributed by atoms with E-state index in [0.717, 1.165) is 12.8 Å². The lowest BCUT2D eigenvalue weighted by atomic mass is 9.97. The van der Waals surface area contributed by atoms with E-state index in [1.54, 1.807) is 18.7 Å². The maximum atomic E-state index is 12.4. The van der Waals surface area contributed by atoms with Crippen LogP contribution in [-0.4, -0.2) is 51.2 Å². The molecule has 0 spiro atoms. The number of likely N-dealkylation sites (tertiary alicyclic amines) is 1. The minimum atomic E-state index is -0.404. The van der Waals surface area contributed by atoms with Crippen molar-refractivity contribution in [2.75, 3.05) is 19.7 Å². The summed E-state index contributed by atoms with van der Waals surface area (Å²) < 4.78 is 6.56. The molecule has 2 rings (SSSR count). The van der Waals surface area contributed by atoms with Crippen molar-refractivity contribution >= 4 is 11.9 Å². The Morgan fingerprint density at radius 2 is 2.30 bits per heavy atom. The normalized spacial score (nSPS) is 20.5. The lowest BCUT2D eigenvalue weighted by molar-refractivity contribution is -0.151. The molecule has 0 aliphatic carbocycles. The van der Waals surface area contributed by atoms with Crippen molar-refractivity contribution in [2.24, 2.45) is 5.92 Å². The first-order valence-corrected chi connectivity index (χ1v) is 6.93. The van der Waals surface area contributed by atoms with Gasteiger partial charge in [0.2, 0.25) is 5.91 Å². The topological polar surface area (TPSA) is 77.3 Å². The molecule has 1 aromatic rings. The molecule has 2 atom stereocenters. The van der Waals surface area contributed by atoms with E-state index < -0.39 is 6.04 Å². The van der Waals surface area contributed by atoms with Gasteiger partial charge in [0.1, 0.15) is 18.7 Å². The van der Waals surface area contributed by atoms with Gasteiger partial charge in [0.05, 0.1) is 12.5 Å². The SMILES string of the molecule is CCOC(=O)C1CCCN(C(=O)C(C)n2cncn2)C1. The Labute approximate surface area is 117 Å². The van der Waals surface area contributed by atoms with E-state index in [1.807, 2.05) is 0 Å². The maximum Gasteiger partial charge on any atom is 0.310 e. The van der Waals surface area contributed by atoms with Crippen molar-refractivity contribution in [1.29, 1.82) is 0 Å². The first kappa shape index (κ1) is 14.5. The van der Waals surface area contributed by atoms with Crippen LogP contribution in [0.2, 0.25) is 0 Å². The number of hydrogen-bond acceptors (Lipinski definition) is 5. The molecule has 1 saturated heterocycles. The number of amides is 1. The van der Waals surface area contributed by atoms with E-state index in [0.29, 0.717) is 19.7 Å². The van der Waals surface area contributed by atoms with Crippen molar-refractivity contribution in [1.82, 2.24) is 19.7 Å². The number of hydrogen-bond donors (Lipinski definition) is 0. The van der Waals surface area contributed by atoms with Gasteiger partial charge in [-0.2, -0.15) is 5.10 Å². The van der Waals surface area contributed by atoms with Crippen LogP contribution in [0.3, 0.4) is 0 Å². The number of carbonyl (C=O) groups is 2. The van der Waals surface area contributed by atoms with Gasteiger partial charge in [-0.25, -0.2) is 9.67 Å². The van der Waals surface area contributed by atoms with Crippen molar-refractivity contribution < 1.29 is 14.3 Å². The monoisotopic (exact) mass is 280 g/mol. The fourth-order valence-corrected chi connectivity index (χ4v) is 2.42. The van der Waals surface area contributed by atoms with E-state index in [4.69, 9.17) is 4.74 Å². The molecule has 1 aliphatic rings. The molecule has 20 heavy (non-hydrogen) atoms. The summed E-state index contributed by atoms with van der Waals surface area (Å²) >= 11 is 0. The molecule has 7 heteroatoms. The molecular weight excluding hydrogens is 260 g/mol. The summed E-state index contributed by atoms with van der Waals surface area (Å²) in [7, 11) is 0. The van der Waals surface area contributed by atoms with E-state index in [-0.39, 0.29) is 17.8 Å². The lowest BCUT2D eigenvalue weighted by Gasteiger charge is -2.33. The van der Waals surface area contributed by atoms with Gasteiger partial charge in [-0.3, -0.25) is 9.59 Å². The molecule has 2 unspecified atom stereocenters. The third-order valence-electron chi connectivity index (χ3n) is 3.54. The quantitative estimate of drug-likeness (QED) is 0.756. The number of nitrogens with zero attached hydrogens (tertiary/aromatic N) is 4. The predicted octanol–water partition coefficient (Wildman–Crippen LogP) is 0.641. The van der Waals surface area contributed by atoms with Crippen LogP contribution < -0.4 is 0 Å². The smallest absolute Gasteiger partial charge is 0.310 e. The number of esters is 1. The predicted molar refractivity (Wildman–Crippen MR) is 70.7 cm³/mol. The highest BCUT2D eigenvalue weighted by Gasteiger charge is 2.31. The zero-order valence-corrected chi connectivity index (χ0v) is 11.9. The van der Waals surface area contributed by atoms with Gasteiger partial charge in [-0.15, -0.1) is 0 Å². The number of piperidine rings is 1. The summed E-state index contributed by atoms with van der Waals surface area (Å²) in [4.78, 5) is 29.7. The van der Waals surface area contributed by atoms with Gasteiger partial charge in [0.25, 0.3) is 0 Å². The summed E-state index contributed by atoms with van der Waals surface area (Å²) in [6.45, 7) is 5.05. The molecule has 0 saturated carbocycles. The first-order chi connectivity index (χ1) is 9.63. The number of aromatic nitrogens is 3. The average Bonchev–Trinajstić information content (AvgIpc) is 3.00. The van der Waals surface area contributed by atoms with Crippen LogP contribution in [0.1, 0.15) is 32.7 Å². The summed E-state index contributed by atoms with van der Waals surface area (Å²) in [6, 6.07) is -0.404. The Morgan fingerprint density at radius 3 is 2.95 bits per heavy atom. The maximum absolute atomic E-state index is 12.4. The van der Waals surface area contributed by atoms with Gasteiger partial charge < -0.3 is 9.64 Å². The standard InChI is InChI=1S/C13H20N4O3/c1-3-20-13(19)11-5-4-6-16(7-11)12(18)10(2)17-9-14-8-15-17/h8-11H,3-7H2,1-2H3. The second-order valence-electron chi connectivity index (χ2n) is 4.93. The minimum Gasteiger partial charge on any atom is -0.466 e. The Balaban J connectivity index is 1.98. The van der Waals surface area contributed by atoms with Gasteiger partial charge in [0.15, 0.2) is 0 Å². The molecule has 0 aromatic carbocycles. The summed E-state index contributed by atoms with van der Waals surface area (Å²) in [5.74, 6) is -0.460. The van der Waals surface area contributed by atoms with Gasteiger partial charge in [0, 0.05) is 13.1 Å². The van der Waals surface area contributed by atoms with E-state index in [1.165, 1.54) is 17.3 Å². The zero-order valence-electron chi connectivity index (χ0n) is 11.9. The van der Waals surface area contributed by atoms with Crippen LogP contribution in [-0.2, 0) is 14.3 Å². The Bertz CT molecular complexity index is 460. The fourth-order valence-electron chi connectivity index (χ4n) is 2.42. The summed E-state index contributed by atoms with van der Waals surface area (Å²) in [6.07, 6.45) is 4.52. The van der Waals surface area contributed by atoms with Crippen LogP contribution in [0.4, 0.5) is 0 Å². The molecule has 0 radical (unpaired) electrons. The Kier molecular flexibility index (Phi) is 4.70.